The van der Waals surface area contributed by atoms with E-state index in [1.165, 1.54) is 0 Å². The van der Waals surface area contributed by atoms with Crippen LogP contribution in [0.4, 0.5) is 5.69 Å². The summed E-state index contributed by atoms with van der Waals surface area (Å²) in [7, 11) is 0. The number of ketones is 1. The van der Waals surface area contributed by atoms with Gasteiger partial charge in [0.25, 0.3) is 0 Å². The molecule has 2 aromatic carbocycles. The number of nitrogens with one attached hydrogen (secondary N) is 1. The molecule has 1 fully saturated rings. The summed E-state index contributed by atoms with van der Waals surface area (Å²) < 4.78 is 0. The molecule has 5 nitrogen and oxygen atoms in total. The highest BCUT2D eigenvalue weighted by Gasteiger charge is 2.45. The number of amides is 1. The Kier molecular flexibility index (Phi) is 4.65. The van der Waals surface area contributed by atoms with Crippen molar-refractivity contribution in [1.29, 1.82) is 0 Å². The monoisotopic (exact) mass is 337 g/mol. The number of aliphatic carboxylic acids is 1. The van der Waals surface area contributed by atoms with Gasteiger partial charge in [-0.15, -0.1) is 0 Å². The van der Waals surface area contributed by atoms with Crippen molar-refractivity contribution < 1.29 is 19.5 Å². The third-order valence-electron chi connectivity index (χ3n) is 4.71. The lowest BCUT2D eigenvalue weighted by Crippen LogP contribution is -2.41. The minimum absolute atomic E-state index is 0.0425. The van der Waals surface area contributed by atoms with Crippen LogP contribution in [0.1, 0.15) is 41.6 Å². The maximum atomic E-state index is 12.5. The van der Waals surface area contributed by atoms with Gasteiger partial charge in [-0.25, -0.2) is 0 Å². The third kappa shape index (κ3) is 3.60. The molecule has 1 amide bonds. The number of carbonyl (C=O) groups excluding carboxylic acids is 2. The van der Waals surface area contributed by atoms with E-state index >= 15 is 0 Å². The molecule has 0 aromatic heterocycles. The second kappa shape index (κ2) is 6.89. The Morgan fingerprint density at radius 3 is 2.24 bits per heavy atom. The minimum Gasteiger partial charge on any atom is -0.481 e. The molecule has 1 aliphatic rings. The molecule has 0 bridgehead atoms. The summed E-state index contributed by atoms with van der Waals surface area (Å²) in [5.41, 5.74) is 0.610. The Labute approximate surface area is 145 Å². The predicted molar refractivity (Wildman–Crippen MR) is 93.5 cm³/mol. The van der Waals surface area contributed by atoms with Crippen molar-refractivity contribution in [2.45, 2.75) is 25.7 Å². The fourth-order valence-corrected chi connectivity index (χ4v) is 3.08. The third-order valence-corrected chi connectivity index (χ3v) is 4.71. The van der Waals surface area contributed by atoms with Gasteiger partial charge in [0.1, 0.15) is 0 Å². The molecule has 0 unspecified atom stereocenters. The van der Waals surface area contributed by atoms with Gasteiger partial charge in [-0.3, -0.25) is 14.4 Å². The van der Waals surface area contributed by atoms with Crippen LogP contribution in [-0.2, 0) is 9.59 Å². The smallest absolute Gasteiger partial charge is 0.310 e. The van der Waals surface area contributed by atoms with E-state index in [9.17, 15) is 19.5 Å². The lowest BCUT2D eigenvalue weighted by molar-refractivity contribution is -0.157. The normalized spacial score (nSPS) is 15.0. The number of hydrogen-bond donors (Lipinski definition) is 2. The lowest BCUT2D eigenvalue weighted by atomic mass is 9.66. The van der Waals surface area contributed by atoms with Crippen LogP contribution in [0.5, 0.6) is 0 Å². The molecule has 25 heavy (non-hydrogen) atoms. The summed E-state index contributed by atoms with van der Waals surface area (Å²) in [5.74, 6) is -1.38. The van der Waals surface area contributed by atoms with Crippen LogP contribution in [0.2, 0.25) is 0 Å². The van der Waals surface area contributed by atoms with Gasteiger partial charge < -0.3 is 10.4 Å². The zero-order chi connectivity index (χ0) is 17.9. The second-order valence-corrected chi connectivity index (χ2v) is 6.44. The van der Waals surface area contributed by atoms with Crippen LogP contribution in [-0.4, -0.2) is 22.8 Å². The first kappa shape index (κ1) is 16.9. The average molecular weight is 337 g/mol. The Bertz CT molecular complexity index is 809. The zero-order valence-electron chi connectivity index (χ0n) is 13.7. The standard InChI is InChI=1S/C20H19NO4/c22-17(13-20(19(24)25)10-5-11-20)21-16-9-4-8-15(12-16)18(23)14-6-2-1-3-7-14/h1-4,6-9,12H,5,10-11,13H2,(H,21,22)(H,24,25). The molecular weight excluding hydrogens is 318 g/mol. The van der Waals surface area contributed by atoms with E-state index in [4.69, 9.17) is 0 Å². The van der Waals surface area contributed by atoms with Crippen molar-refractivity contribution in [3.8, 4) is 0 Å². The SMILES string of the molecule is O=C(CC1(C(=O)O)CCC1)Nc1cccc(C(=O)c2ccccc2)c1. The van der Waals surface area contributed by atoms with E-state index in [-0.39, 0.29) is 18.1 Å². The van der Waals surface area contributed by atoms with Crippen LogP contribution in [0.3, 0.4) is 0 Å². The van der Waals surface area contributed by atoms with E-state index in [0.29, 0.717) is 29.7 Å². The molecule has 3 rings (SSSR count). The average Bonchev–Trinajstić information content (AvgIpc) is 2.58. The van der Waals surface area contributed by atoms with Crippen LogP contribution in [0.25, 0.3) is 0 Å². The number of carboxylic acids is 1. The highest BCUT2D eigenvalue weighted by Crippen LogP contribution is 2.44. The predicted octanol–water partition coefficient (Wildman–Crippen LogP) is 3.50. The first-order chi connectivity index (χ1) is 12.0. The fraction of sp³-hybridized carbons (Fsp3) is 0.250. The van der Waals surface area contributed by atoms with Gasteiger partial charge in [-0.2, -0.15) is 0 Å². The van der Waals surface area contributed by atoms with Crippen molar-refractivity contribution in [2.24, 2.45) is 5.41 Å². The lowest BCUT2D eigenvalue weighted by Gasteiger charge is -2.36. The molecule has 0 aliphatic heterocycles. The van der Waals surface area contributed by atoms with Crippen LogP contribution in [0, 0.1) is 5.41 Å². The van der Waals surface area contributed by atoms with Crippen LogP contribution < -0.4 is 5.32 Å². The minimum atomic E-state index is -0.929. The molecule has 2 aromatic rings. The fourth-order valence-electron chi connectivity index (χ4n) is 3.08. The van der Waals surface area contributed by atoms with E-state index in [1.807, 2.05) is 6.07 Å². The number of carboxylic acid groups (broad SMARTS) is 1. The molecule has 0 radical (unpaired) electrons. The first-order valence-electron chi connectivity index (χ1n) is 8.23. The van der Waals surface area contributed by atoms with Crippen molar-refractivity contribution in [2.75, 3.05) is 5.32 Å². The molecule has 2 N–H and O–H groups in total. The van der Waals surface area contributed by atoms with Gasteiger partial charge in [0.15, 0.2) is 5.78 Å². The summed E-state index contributed by atoms with van der Waals surface area (Å²) in [6, 6.07) is 15.6. The van der Waals surface area contributed by atoms with Crippen molar-refractivity contribution in [3.63, 3.8) is 0 Å². The van der Waals surface area contributed by atoms with Crippen molar-refractivity contribution in [3.05, 3.63) is 65.7 Å². The van der Waals surface area contributed by atoms with E-state index in [1.54, 1.807) is 48.5 Å². The Balaban J connectivity index is 1.71. The second-order valence-electron chi connectivity index (χ2n) is 6.44. The molecule has 5 heteroatoms. The number of anilines is 1. The highest BCUT2D eigenvalue weighted by atomic mass is 16.4. The largest absolute Gasteiger partial charge is 0.481 e. The van der Waals surface area contributed by atoms with Crippen molar-refractivity contribution >= 4 is 23.3 Å². The molecule has 0 spiro atoms. The highest BCUT2D eigenvalue weighted by molar-refractivity contribution is 6.09. The summed E-state index contributed by atoms with van der Waals surface area (Å²) in [5, 5.41) is 12.0. The number of benzene rings is 2. The van der Waals surface area contributed by atoms with Crippen LogP contribution in [0.15, 0.2) is 54.6 Å². The van der Waals surface area contributed by atoms with Gasteiger partial charge in [0, 0.05) is 23.2 Å². The molecule has 0 atom stereocenters. The Morgan fingerprint density at radius 2 is 1.64 bits per heavy atom. The van der Waals surface area contributed by atoms with E-state index < -0.39 is 11.4 Å². The number of carbonyl (C=O) groups is 3. The Hall–Kier alpha value is -2.95. The first-order valence-corrected chi connectivity index (χ1v) is 8.23. The van der Waals surface area contributed by atoms with Gasteiger partial charge in [-0.1, -0.05) is 48.9 Å². The quantitative estimate of drug-likeness (QED) is 0.790. The molecule has 1 saturated carbocycles. The Morgan fingerprint density at radius 1 is 0.960 bits per heavy atom. The number of hydrogen-bond acceptors (Lipinski definition) is 3. The topological polar surface area (TPSA) is 83.5 Å². The maximum Gasteiger partial charge on any atom is 0.310 e. The maximum absolute atomic E-state index is 12.5. The summed E-state index contributed by atoms with van der Waals surface area (Å²) in [6.07, 6.45) is 1.85. The number of rotatable bonds is 6. The van der Waals surface area contributed by atoms with Gasteiger partial charge in [0.2, 0.25) is 5.91 Å². The molecule has 1 aliphatic carbocycles. The van der Waals surface area contributed by atoms with E-state index in [2.05, 4.69) is 5.32 Å². The summed E-state index contributed by atoms with van der Waals surface area (Å²) in [6.45, 7) is 0. The summed E-state index contributed by atoms with van der Waals surface area (Å²) in [4.78, 5) is 36.1. The molecule has 128 valence electrons. The van der Waals surface area contributed by atoms with Gasteiger partial charge in [-0.05, 0) is 25.0 Å². The van der Waals surface area contributed by atoms with E-state index in [0.717, 1.165) is 6.42 Å². The van der Waals surface area contributed by atoms with Gasteiger partial charge >= 0.3 is 5.97 Å². The molecule has 0 saturated heterocycles. The zero-order valence-corrected chi connectivity index (χ0v) is 13.7. The van der Waals surface area contributed by atoms with Gasteiger partial charge in [0.05, 0.1) is 5.41 Å². The summed E-state index contributed by atoms with van der Waals surface area (Å²) >= 11 is 0. The van der Waals surface area contributed by atoms with Crippen LogP contribution >= 0.6 is 0 Å². The molecule has 0 heterocycles. The molecular formula is C20H19NO4. The van der Waals surface area contributed by atoms with Crippen molar-refractivity contribution in [1.82, 2.24) is 0 Å².